The zero-order valence-corrected chi connectivity index (χ0v) is 10.7. The van der Waals surface area contributed by atoms with E-state index in [4.69, 9.17) is 27.9 Å². The zero-order chi connectivity index (χ0) is 13.0. The summed E-state index contributed by atoms with van der Waals surface area (Å²) in [6, 6.07) is 2.83. The lowest BCUT2D eigenvalue weighted by molar-refractivity contribution is -0.147. The molecule has 1 aromatic carbocycles. The van der Waals surface area contributed by atoms with Gasteiger partial charge in [-0.25, -0.2) is 4.79 Å². The Morgan fingerprint density at radius 2 is 2.06 bits per heavy atom. The highest BCUT2D eigenvalue weighted by Gasteiger charge is 2.18. The molecule has 0 heterocycles. The molecular weight excluding hydrogens is 267 g/mol. The number of carbonyl (C=O) groups excluding carboxylic acids is 2. The molecule has 17 heavy (non-hydrogen) atoms. The molecule has 6 heteroatoms. The maximum atomic E-state index is 11.2. The van der Waals surface area contributed by atoms with E-state index in [0.29, 0.717) is 11.3 Å². The SMILES string of the molecule is COC(=O)C(C)Oc1cc(Cl)cc(Cl)c1C=O. The van der Waals surface area contributed by atoms with E-state index in [1.807, 2.05) is 0 Å². The molecule has 0 bridgehead atoms. The van der Waals surface area contributed by atoms with E-state index in [-0.39, 0.29) is 16.3 Å². The number of esters is 1. The number of aldehydes is 1. The van der Waals surface area contributed by atoms with Crippen LogP contribution in [-0.4, -0.2) is 25.5 Å². The molecule has 0 radical (unpaired) electrons. The summed E-state index contributed by atoms with van der Waals surface area (Å²) in [7, 11) is 1.24. The molecule has 92 valence electrons. The second-order valence-electron chi connectivity index (χ2n) is 3.20. The van der Waals surface area contributed by atoms with Gasteiger partial charge >= 0.3 is 5.97 Å². The topological polar surface area (TPSA) is 52.6 Å². The van der Waals surface area contributed by atoms with Crippen LogP contribution >= 0.6 is 23.2 Å². The molecular formula is C11H10Cl2O4. The first-order valence-electron chi connectivity index (χ1n) is 4.68. The number of rotatable bonds is 4. The van der Waals surface area contributed by atoms with Gasteiger partial charge in [0, 0.05) is 5.02 Å². The van der Waals surface area contributed by atoms with Crippen LogP contribution in [0.15, 0.2) is 12.1 Å². The van der Waals surface area contributed by atoms with Crippen LogP contribution < -0.4 is 4.74 Å². The van der Waals surface area contributed by atoms with Gasteiger partial charge in [-0.05, 0) is 19.1 Å². The number of carbonyl (C=O) groups is 2. The predicted molar refractivity (Wildman–Crippen MR) is 64.0 cm³/mol. The van der Waals surface area contributed by atoms with Gasteiger partial charge in [-0.15, -0.1) is 0 Å². The van der Waals surface area contributed by atoms with Gasteiger partial charge in [0.2, 0.25) is 0 Å². The van der Waals surface area contributed by atoms with Gasteiger partial charge in [0.1, 0.15) is 5.75 Å². The number of hydrogen-bond acceptors (Lipinski definition) is 4. The fourth-order valence-electron chi connectivity index (χ4n) is 1.18. The third-order valence-corrected chi connectivity index (χ3v) is 2.54. The van der Waals surface area contributed by atoms with Crippen molar-refractivity contribution < 1.29 is 19.1 Å². The molecule has 0 fully saturated rings. The van der Waals surface area contributed by atoms with E-state index in [2.05, 4.69) is 4.74 Å². The monoisotopic (exact) mass is 276 g/mol. The summed E-state index contributed by atoms with van der Waals surface area (Å²) in [5, 5.41) is 0.479. The Morgan fingerprint density at radius 1 is 1.41 bits per heavy atom. The van der Waals surface area contributed by atoms with Crippen molar-refractivity contribution in [3.8, 4) is 5.75 Å². The van der Waals surface area contributed by atoms with Crippen LogP contribution in [0.2, 0.25) is 10.0 Å². The minimum Gasteiger partial charge on any atom is -0.478 e. The van der Waals surface area contributed by atoms with Crippen molar-refractivity contribution in [3.63, 3.8) is 0 Å². The average molecular weight is 277 g/mol. The average Bonchev–Trinajstić information content (AvgIpc) is 2.27. The Hall–Kier alpha value is -1.26. The van der Waals surface area contributed by atoms with E-state index >= 15 is 0 Å². The fourth-order valence-corrected chi connectivity index (χ4v) is 1.70. The number of ether oxygens (including phenoxy) is 2. The summed E-state index contributed by atoms with van der Waals surface area (Å²) in [5.41, 5.74) is 0.145. The van der Waals surface area contributed by atoms with Crippen molar-refractivity contribution in [1.82, 2.24) is 0 Å². The minimum absolute atomic E-state index is 0.145. The van der Waals surface area contributed by atoms with Crippen LogP contribution in [0, 0.1) is 0 Å². The number of hydrogen-bond donors (Lipinski definition) is 0. The normalized spacial score (nSPS) is 11.8. The maximum Gasteiger partial charge on any atom is 0.346 e. The van der Waals surface area contributed by atoms with E-state index in [0.717, 1.165) is 0 Å². The van der Waals surface area contributed by atoms with Crippen LogP contribution in [0.25, 0.3) is 0 Å². The van der Waals surface area contributed by atoms with Crippen molar-refractivity contribution in [1.29, 1.82) is 0 Å². The van der Waals surface area contributed by atoms with Crippen molar-refractivity contribution in [3.05, 3.63) is 27.7 Å². The van der Waals surface area contributed by atoms with Gasteiger partial charge in [-0.3, -0.25) is 4.79 Å². The Kier molecular flexibility index (Phi) is 4.78. The van der Waals surface area contributed by atoms with Gasteiger partial charge in [-0.1, -0.05) is 23.2 Å². The van der Waals surface area contributed by atoms with Crippen molar-refractivity contribution in [2.24, 2.45) is 0 Å². The van der Waals surface area contributed by atoms with Gasteiger partial charge in [-0.2, -0.15) is 0 Å². The lowest BCUT2D eigenvalue weighted by atomic mass is 10.2. The third kappa shape index (κ3) is 3.35. The molecule has 1 aromatic rings. The molecule has 0 aromatic heterocycles. The number of halogens is 2. The molecule has 0 aliphatic heterocycles. The third-order valence-electron chi connectivity index (χ3n) is 2.01. The van der Waals surface area contributed by atoms with Crippen molar-refractivity contribution >= 4 is 35.5 Å². The molecule has 1 atom stereocenters. The summed E-state index contributed by atoms with van der Waals surface area (Å²) in [6.07, 6.45) is -0.314. The molecule has 0 saturated heterocycles. The lowest BCUT2D eigenvalue weighted by Crippen LogP contribution is -2.25. The van der Waals surface area contributed by atoms with E-state index in [9.17, 15) is 9.59 Å². The van der Waals surface area contributed by atoms with Crippen LogP contribution in [0.1, 0.15) is 17.3 Å². The quantitative estimate of drug-likeness (QED) is 0.627. The van der Waals surface area contributed by atoms with Crippen molar-refractivity contribution in [2.75, 3.05) is 7.11 Å². The number of methoxy groups -OCH3 is 1. The Morgan fingerprint density at radius 3 is 2.59 bits per heavy atom. The molecule has 0 spiro atoms. The highest BCUT2D eigenvalue weighted by atomic mass is 35.5. The summed E-state index contributed by atoms with van der Waals surface area (Å²) < 4.78 is 9.78. The summed E-state index contributed by atoms with van der Waals surface area (Å²) >= 11 is 11.6. The van der Waals surface area contributed by atoms with E-state index in [1.165, 1.54) is 26.2 Å². The lowest BCUT2D eigenvalue weighted by Gasteiger charge is -2.14. The van der Waals surface area contributed by atoms with Crippen LogP contribution in [0.4, 0.5) is 0 Å². The standard InChI is InChI=1S/C11H10Cl2O4/c1-6(11(15)16-2)17-10-4-7(12)3-9(13)8(10)5-14/h3-6H,1-2H3. The molecule has 0 amide bonds. The Bertz CT molecular complexity index is 445. The number of benzene rings is 1. The summed E-state index contributed by atoms with van der Waals surface area (Å²) in [6.45, 7) is 1.50. The van der Waals surface area contributed by atoms with Gasteiger partial charge in [0.15, 0.2) is 12.4 Å². The Labute approximate surface area is 108 Å². The van der Waals surface area contributed by atoms with E-state index < -0.39 is 12.1 Å². The summed E-state index contributed by atoms with van der Waals surface area (Å²) in [4.78, 5) is 22.0. The van der Waals surface area contributed by atoms with Crippen LogP contribution in [0.5, 0.6) is 5.75 Å². The smallest absolute Gasteiger partial charge is 0.346 e. The molecule has 0 aliphatic carbocycles. The fraction of sp³-hybridized carbons (Fsp3) is 0.273. The molecule has 0 saturated carbocycles. The largest absolute Gasteiger partial charge is 0.478 e. The second kappa shape index (κ2) is 5.89. The maximum absolute atomic E-state index is 11.2. The molecule has 4 nitrogen and oxygen atoms in total. The van der Waals surface area contributed by atoms with Crippen LogP contribution in [-0.2, 0) is 9.53 Å². The molecule has 1 rings (SSSR count). The van der Waals surface area contributed by atoms with E-state index in [1.54, 1.807) is 0 Å². The molecule has 0 aliphatic rings. The molecule has 1 unspecified atom stereocenters. The Balaban J connectivity index is 3.05. The minimum atomic E-state index is -0.853. The van der Waals surface area contributed by atoms with Crippen molar-refractivity contribution in [2.45, 2.75) is 13.0 Å². The van der Waals surface area contributed by atoms with Gasteiger partial charge in [0.25, 0.3) is 0 Å². The first-order valence-corrected chi connectivity index (χ1v) is 5.44. The highest BCUT2D eigenvalue weighted by Crippen LogP contribution is 2.30. The van der Waals surface area contributed by atoms with Gasteiger partial charge in [0.05, 0.1) is 17.7 Å². The first-order chi connectivity index (χ1) is 7.99. The van der Waals surface area contributed by atoms with Crippen LogP contribution in [0.3, 0.4) is 0 Å². The second-order valence-corrected chi connectivity index (χ2v) is 4.04. The zero-order valence-electron chi connectivity index (χ0n) is 9.20. The predicted octanol–water partition coefficient (Wildman–Crippen LogP) is 2.75. The van der Waals surface area contributed by atoms with Gasteiger partial charge < -0.3 is 9.47 Å². The first kappa shape index (κ1) is 13.8. The highest BCUT2D eigenvalue weighted by molar-refractivity contribution is 6.36. The summed E-state index contributed by atoms with van der Waals surface area (Å²) in [5.74, 6) is -0.409. The molecule has 0 N–H and O–H groups in total.